The van der Waals surface area contributed by atoms with Gasteiger partial charge in [0.1, 0.15) is 0 Å². The van der Waals surface area contributed by atoms with E-state index in [1.54, 1.807) is 0 Å². The van der Waals surface area contributed by atoms with Gasteiger partial charge >= 0.3 is 0 Å². The molecular weight excluding hydrogens is 394 g/mol. The summed E-state index contributed by atoms with van der Waals surface area (Å²) in [4.78, 5) is 12.8. The number of likely N-dealkylation sites (N-methyl/N-ethyl adjacent to an activating group) is 1. The molecule has 2 heterocycles. The van der Waals surface area contributed by atoms with E-state index in [0.29, 0.717) is 5.69 Å². The molecule has 0 amide bonds. The zero-order valence-electron chi connectivity index (χ0n) is 18.1. The largest absolute Gasteiger partial charge is 0.369 e. The molecule has 0 atom stereocenters. The van der Waals surface area contributed by atoms with Gasteiger partial charge in [0.05, 0.1) is 12.1 Å². The van der Waals surface area contributed by atoms with E-state index >= 15 is 0 Å². The van der Waals surface area contributed by atoms with Crippen LogP contribution in [-0.4, -0.2) is 43.1 Å². The molecule has 5 nitrogen and oxygen atoms in total. The van der Waals surface area contributed by atoms with E-state index in [0.717, 1.165) is 59.6 Å². The van der Waals surface area contributed by atoms with Crippen LogP contribution in [0.3, 0.4) is 0 Å². The Hall–Kier alpha value is -3.88. The molecule has 1 N–H and O–H groups in total. The average Bonchev–Trinajstić information content (AvgIpc) is 2.85. The Morgan fingerprint density at radius 3 is 2.28 bits per heavy atom. The minimum Gasteiger partial charge on any atom is -0.369 e. The maximum atomic E-state index is 7.14. The molecule has 5 heteroatoms. The Bertz CT molecular complexity index is 1260. The summed E-state index contributed by atoms with van der Waals surface area (Å²) in [7, 11) is 2.18. The van der Waals surface area contributed by atoms with Gasteiger partial charge in [0.15, 0.2) is 5.69 Å². The smallest absolute Gasteiger partial charge is 0.187 e. The summed E-state index contributed by atoms with van der Waals surface area (Å²) < 4.78 is 0. The number of rotatable bonds is 4. The molecule has 0 aliphatic carbocycles. The topological polar surface area (TPSA) is 35.8 Å². The van der Waals surface area contributed by atoms with Crippen molar-refractivity contribution >= 4 is 33.7 Å². The monoisotopic (exact) mass is 419 g/mol. The van der Waals surface area contributed by atoms with Gasteiger partial charge in [-0.1, -0.05) is 30.3 Å². The zero-order chi connectivity index (χ0) is 21.9. The van der Waals surface area contributed by atoms with Gasteiger partial charge in [-0.2, -0.15) is 0 Å². The minimum absolute atomic E-state index is 0.651. The fourth-order valence-electron chi connectivity index (χ4n) is 4.14. The molecule has 1 fully saturated rings. The van der Waals surface area contributed by atoms with E-state index in [4.69, 9.17) is 6.57 Å². The lowest BCUT2D eigenvalue weighted by atomic mass is 10.0. The van der Waals surface area contributed by atoms with Gasteiger partial charge in [-0.05, 0) is 60.6 Å². The van der Waals surface area contributed by atoms with Crippen LogP contribution in [0.4, 0.5) is 22.7 Å². The van der Waals surface area contributed by atoms with Crippen molar-refractivity contribution in [1.29, 1.82) is 0 Å². The molecule has 32 heavy (non-hydrogen) atoms. The molecule has 4 aromatic rings. The number of nitrogens with zero attached hydrogens (tertiary/aromatic N) is 4. The van der Waals surface area contributed by atoms with Gasteiger partial charge in [-0.3, -0.25) is 4.98 Å². The number of piperazine rings is 1. The number of anilines is 3. The van der Waals surface area contributed by atoms with E-state index in [1.807, 2.05) is 36.5 Å². The van der Waals surface area contributed by atoms with Crippen molar-refractivity contribution in [1.82, 2.24) is 9.88 Å². The molecule has 0 spiro atoms. The minimum atomic E-state index is 0.651. The van der Waals surface area contributed by atoms with Gasteiger partial charge in [-0.15, -0.1) is 0 Å². The first-order valence-electron chi connectivity index (χ1n) is 10.9. The summed E-state index contributed by atoms with van der Waals surface area (Å²) in [5.41, 5.74) is 7.16. The fourth-order valence-corrected chi connectivity index (χ4v) is 4.14. The van der Waals surface area contributed by atoms with Crippen LogP contribution in [0.1, 0.15) is 0 Å². The molecule has 0 radical (unpaired) electrons. The number of nitrogens with one attached hydrogen (secondary N) is 1. The maximum absolute atomic E-state index is 7.14. The van der Waals surface area contributed by atoms with E-state index in [1.165, 1.54) is 5.69 Å². The van der Waals surface area contributed by atoms with Crippen molar-refractivity contribution in [2.24, 2.45) is 0 Å². The molecule has 0 unspecified atom stereocenters. The van der Waals surface area contributed by atoms with Gasteiger partial charge in [0.25, 0.3) is 0 Å². The van der Waals surface area contributed by atoms with Gasteiger partial charge in [0, 0.05) is 54.8 Å². The van der Waals surface area contributed by atoms with Crippen LogP contribution in [0.25, 0.3) is 26.9 Å². The number of fused-ring (bicyclic) bond motifs is 1. The second-order valence-electron chi connectivity index (χ2n) is 8.21. The molecule has 0 bridgehead atoms. The lowest BCUT2D eigenvalue weighted by molar-refractivity contribution is 0.313. The number of benzene rings is 3. The third kappa shape index (κ3) is 4.14. The van der Waals surface area contributed by atoms with Crippen molar-refractivity contribution in [3.8, 4) is 11.1 Å². The van der Waals surface area contributed by atoms with Crippen LogP contribution >= 0.6 is 0 Å². The first kappa shape index (κ1) is 20.0. The maximum Gasteiger partial charge on any atom is 0.187 e. The first-order valence-corrected chi connectivity index (χ1v) is 10.9. The summed E-state index contributed by atoms with van der Waals surface area (Å²) in [6.07, 6.45) is 1.84. The van der Waals surface area contributed by atoms with Crippen molar-refractivity contribution < 1.29 is 0 Å². The molecule has 1 aromatic heterocycles. The van der Waals surface area contributed by atoms with Crippen LogP contribution in [0.5, 0.6) is 0 Å². The van der Waals surface area contributed by atoms with Crippen molar-refractivity contribution in [2.45, 2.75) is 0 Å². The summed E-state index contributed by atoms with van der Waals surface area (Å²) in [6, 6.07) is 24.7. The molecular formula is C27H25N5. The summed E-state index contributed by atoms with van der Waals surface area (Å²) in [6.45, 7) is 11.5. The third-order valence-corrected chi connectivity index (χ3v) is 6.09. The SMILES string of the molecule is [C-]#[N+]c1ccc(-c2ccc3nccc(Nc4ccc(N5CCN(C)CC5)cc4)c3c2)cc1. The van der Waals surface area contributed by atoms with Crippen LogP contribution in [-0.2, 0) is 0 Å². The molecule has 0 saturated carbocycles. The zero-order valence-corrected chi connectivity index (χ0v) is 18.1. The molecule has 158 valence electrons. The predicted molar refractivity (Wildman–Crippen MR) is 133 cm³/mol. The second-order valence-corrected chi connectivity index (χ2v) is 8.21. The van der Waals surface area contributed by atoms with E-state index in [2.05, 4.69) is 74.5 Å². The normalized spacial score (nSPS) is 14.3. The van der Waals surface area contributed by atoms with Crippen molar-refractivity contribution in [2.75, 3.05) is 43.4 Å². The fraction of sp³-hybridized carbons (Fsp3) is 0.185. The third-order valence-electron chi connectivity index (χ3n) is 6.09. The Morgan fingerprint density at radius 1 is 0.844 bits per heavy atom. The van der Waals surface area contributed by atoms with Crippen LogP contribution in [0.15, 0.2) is 79.0 Å². The van der Waals surface area contributed by atoms with E-state index in [-0.39, 0.29) is 0 Å². The highest BCUT2D eigenvalue weighted by Crippen LogP contribution is 2.31. The van der Waals surface area contributed by atoms with Gasteiger partial charge in [-0.25, -0.2) is 4.85 Å². The van der Waals surface area contributed by atoms with Crippen molar-refractivity contribution in [3.05, 3.63) is 90.4 Å². The van der Waals surface area contributed by atoms with E-state index < -0.39 is 0 Å². The van der Waals surface area contributed by atoms with Crippen LogP contribution in [0.2, 0.25) is 0 Å². The van der Waals surface area contributed by atoms with E-state index in [9.17, 15) is 0 Å². The van der Waals surface area contributed by atoms with Crippen LogP contribution < -0.4 is 10.2 Å². The molecule has 5 rings (SSSR count). The standard InChI is InChI=1S/C27H25N5/c1-28-22-6-3-20(4-7-22)21-5-12-26-25(19-21)27(13-14-29-26)30-23-8-10-24(11-9-23)32-17-15-31(2)16-18-32/h3-14,19H,15-18H2,2H3,(H,29,30). The number of hydrogen-bond acceptors (Lipinski definition) is 4. The Morgan fingerprint density at radius 2 is 1.56 bits per heavy atom. The average molecular weight is 420 g/mol. The molecule has 1 aliphatic rings. The number of pyridine rings is 1. The highest BCUT2D eigenvalue weighted by molar-refractivity contribution is 5.95. The van der Waals surface area contributed by atoms with Gasteiger partial charge in [0.2, 0.25) is 0 Å². The highest BCUT2D eigenvalue weighted by atomic mass is 15.2. The molecule has 3 aromatic carbocycles. The Balaban J connectivity index is 1.40. The molecule has 1 saturated heterocycles. The number of aromatic nitrogens is 1. The summed E-state index contributed by atoms with van der Waals surface area (Å²) >= 11 is 0. The van der Waals surface area contributed by atoms with Crippen LogP contribution in [0, 0.1) is 6.57 Å². The highest BCUT2D eigenvalue weighted by Gasteiger charge is 2.14. The Labute approximate surface area is 188 Å². The molecule has 1 aliphatic heterocycles. The first-order chi connectivity index (χ1) is 15.7. The van der Waals surface area contributed by atoms with Gasteiger partial charge < -0.3 is 15.1 Å². The van der Waals surface area contributed by atoms with Crippen molar-refractivity contribution in [3.63, 3.8) is 0 Å². The summed E-state index contributed by atoms with van der Waals surface area (Å²) in [5.74, 6) is 0. The lowest BCUT2D eigenvalue weighted by Gasteiger charge is -2.34. The predicted octanol–water partition coefficient (Wildman–Crippen LogP) is 5.95. The lowest BCUT2D eigenvalue weighted by Crippen LogP contribution is -2.44. The number of hydrogen-bond donors (Lipinski definition) is 1. The summed E-state index contributed by atoms with van der Waals surface area (Å²) in [5, 5.41) is 4.65. The second kappa shape index (κ2) is 8.70. The quantitative estimate of drug-likeness (QED) is 0.415. The Kier molecular flexibility index (Phi) is 5.45.